The van der Waals surface area contributed by atoms with Crippen LogP contribution in [-0.2, 0) is 11.3 Å². The Morgan fingerprint density at radius 2 is 2.19 bits per heavy atom. The molecule has 1 saturated carbocycles. The number of hydrogen-bond donors (Lipinski definition) is 2. The van der Waals surface area contributed by atoms with E-state index in [1.54, 1.807) is 0 Å². The Kier molecular flexibility index (Phi) is 3.45. The second-order valence-electron chi connectivity index (χ2n) is 5.82. The van der Waals surface area contributed by atoms with Gasteiger partial charge >= 0.3 is 0 Å². The molecule has 4 nitrogen and oxygen atoms in total. The molecule has 0 unspecified atom stereocenters. The predicted octanol–water partition coefficient (Wildman–Crippen LogP) is 2.43. The molecule has 3 rings (SSSR count). The van der Waals surface area contributed by atoms with Crippen molar-refractivity contribution < 1.29 is 13.6 Å². The van der Waals surface area contributed by atoms with Crippen LogP contribution in [-0.4, -0.2) is 18.1 Å². The van der Waals surface area contributed by atoms with Gasteiger partial charge in [0.2, 0.25) is 5.91 Å². The number of para-hydroxylation sites is 1. The molecular weight excluding hydrogens is 271 g/mol. The Hall–Kier alpha value is -1.88. The lowest BCUT2D eigenvalue weighted by Gasteiger charge is -2.39. The van der Waals surface area contributed by atoms with Gasteiger partial charge in [-0.1, -0.05) is 18.2 Å². The summed E-state index contributed by atoms with van der Waals surface area (Å²) in [6.07, 6.45) is 0.433. The van der Waals surface area contributed by atoms with E-state index in [9.17, 15) is 9.18 Å². The Morgan fingerprint density at radius 3 is 2.86 bits per heavy atom. The standard InChI is InChI=1S/C16H19FN2O2/c1-10-12-4-2-3-5-13(12)21-14(10)8-19-15(20)11-6-16(17,7-11)9-18/h2-5,11H,6-9,18H2,1H3,(H,19,20). The maximum atomic E-state index is 13.7. The third-order valence-corrected chi connectivity index (χ3v) is 4.33. The van der Waals surface area contributed by atoms with Crippen molar-refractivity contribution >= 4 is 16.9 Å². The molecule has 3 N–H and O–H groups in total. The highest BCUT2D eigenvalue weighted by Crippen LogP contribution is 2.40. The SMILES string of the molecule is Cc1c(CNC(=O)C2CC(F)(CN)C2)oc2ccccc12. The van der Waals surface area contributed by atoms with Gasteiger partial charge in [-0.25, -0.2) is 4.39 Å². The van der Waals surface area contributed by atoms with Crippen molar-refractivity contribution in [1.82, 2.24) is 5.32 Å². The van der Waals surface area contributed by atoms with E-state index in [1.165, 1.54) is 0 Å². The number of rotatable bonds is 4. The van der Waals surface area contributed by atoms with Crippen LogP contribution in [0, 0.1) is 12.8 Å². The minimum absolute atomic E-state index is 0.0144. The second-order valence-corrected chi connectivity index (χ2v) is 5.82. The van der Waals surface area contributed by atoms with Crippen LogP contribution in [0.15, 0.2) is 28.7 Å². The molecule has 0 saturated heterocycles. The molecule has 0 aliphatic heterocycles. The molecule has 0 spiro atoms. The van der Waals surface area contributed by atoms with Crippen molar-refractivity contribution in [1.29, 1.82) is 0 Å². The summed E-state index contributed by atoms with van der Waals surface area (Å²) in [5.41, 5.74) is 5.83. The van der Waals surface area contributed by atoms with Gasteiger partial charge in [-0.05, 0) is 25.8 Å². The number of furan rings is 1. The van der Waals surface area contributed by atoms with E-state index in [-0.39, 0.29) is 31.2 Å². The van der Waals surface area contributed by atoms with Crippen molar-refractivity contribution in [2.24, 2.45) is 11.7 Å². The van der Waals surface area contributed by atoms with E-state index in [2.05, 4.69) is 5.32 Å². The Balaban J connectivity index is 1.62. The number of halogens is 1. The fourth-order valence-electron chi connectivity index (χ4n) is 2.88. The fraction of sp³-hybridized carbons (Fsp3) is 0.438. The molecule has 1 fully saturated rings. The first-order valence-electron chi connectivity index (χ1n) is 7.16. The van der Waals surface area contributed by atoms with Gasteiger partial charge in [0, 0.05) is 23.4 Å². The molecule has 1 aliphatic rings. The van der Waals surface area contributed by atoms with E-state index >= 15 is 0 Å². The molecule has 1 amide bonds. The van der Waals surface area contributed by atoms with Crippen LogP contribution in [0.5, 0.6) is 0 Å². The molecular formula is C16H19FN2O2. The number of nitrogens with two attached hydrogens (primary N) is 1. The van der Waals surface area contributed by atoms with E-state index in [0.29, 0.717) is 6.54 Å². The first-order valence-corrected chi connectivity index (χ1v) is 7.16. The summed E-state index contributed by atoms with van der Waals surface area (Å²) in [4.78, 5) is 12.0. The normalized spacial score (nSPS) is 24.8. The summed E-state index contributed by atoms with van der Waals surface area (Å²) in [5, 5.41) is 3.88. The topological polar surface area (TPSA) is 68.3 Å². The number of benzene rings is 1. The van der Waals surface area contributed by atoms with Crippen molar-refractivity contribution in [3.05, 3.63) is 35.6 Å². The number of nitrogens with one attached hydrogen (secondary N) is 1. The van der Waals surface area contributed by atoms with Gasteiger partial charge in [0.05, 0.1) is 6.54 Å². The van der Waals surface area contributed by atoms with Crippen molar-refractivity contribution in [2.75, 3.05) is 6.54 Å². The largest absolute Gasteiger partial charge is 0.459 e. The zero-order valence-corrected chi connectivity index (χ0v) is 12.0. The lowest BCUT2D eigenvalue weighted by Crippen LogP contribution is -2.51. The molecule has 1 aromatic heterocycles. The number of amides is 1. The van der Waals surface area contributed by atoms with Crippen LogP contribution in [0.4, 0.5) is 4.39 Å². The van der Waals surface area contributed by atoms with Crippen LogP contribution in [0.2, 0.25) is 0 Å². The van der Waals surface area contributed by atoms with Crippen molar-refractivity contribution in [3.8, 4) is 0 Å². The molecule has 0 bridgehead atoms. The number of aryl methyl sites for hydroxylation is 1. The average molecular weight is 290 g/mol. The fourth-order valence-corrected chi connectivity index (χ4v) is 2.88. The maximum Gasteiger partial charge on any atom is 0.223 e. The van der Waals surface area contributed by atoms with E-state index in [0.717, 1.165) is 22.3 Å². The zero-order chi connectivity index (χ0) is 15.0. The van der Waals surface area contributed by atoms with Gasteiger partial charge in [0.15, 0.2) is 0 Å². The quantitative estimate of drug-likeness (QED) is 0.908. The minimum atomic E-state index is -1.35. The predicted molar refractivity (Wildman–Crippen MR) is 78.4 cm³/mol. The summed E-state index contributed by atoms with van der Waals surface area (Å²) in [5.74, 6) is 0.342. The number of carbonyl (C=O) groups is 1. The first-order chi connectivity index (χ1) is 10.0. The van der Waals surface area contributed by atoms with Gasteiger partial charge in [-0.3, -0.25) is 4.79 Å². The minimum Gasteiger partial charge on any atom is -0.459 e. The van der Waals surface area contributed by atoms with Crippen LogP contribution >= 0.6 is 0 Å². The Morgan fingerprint density at radius 1 is 1.48 bits per heavy atom. The van der Waals surface area contributed by atoms with Crippen molar-refractivity contribution in [2.45, 2.75) is 32.0 Å². The van der Waals surface area contributed by atoms with Gasteiger partial charge in [0.25, 0.3) is 0 Å². The van der Waals surface area contributed by atoms with Crippen LogP contribution in [0.1, 0.15) is 24.2 Å². The van der Waals surface area contributed by atoms with Gasteiger partial charge in [0.1, 0.15) is 17.0 Å². The highest BCUT2D eigenvalue weighted by molar-refractivity contribution is 5.83. The summed E-state index contributed by atoms with van der Waals surface area (Å²) in [6, 6.07) is 7.76. The third kappa shape index (κ3) is 2.53. The van der Waals surface area contributed by atoms with Crippen molar-refractivity contribution in [3.63, 3.8) is 0 Å². The lowest BCUT2D eigenvalue weighted by atomic mass is 9.72. The molecule has 0 atom stereocenters. The maximum absolute atomic E-state index is 13.7. The molecule has 1 aliphatic carbocycles. The molecule has 2 aromatic rings. The zero-order valence-electron chi connectivity index (χ0n) is 12.0. The van der Waals surface area contributed by atoms with Gasteiger partial charge in [-0.15, -0.1) is 0 Å². The van der Waals surface area contributed by atoms with E-state index in [1.807, 2.05) is 31.2 Å². The van der Waals surface area contributed by atoms with Crippen LogP contribution < -0.4 is 11.1 Å². The highest BCUT2D eigenvalue weighted by Gasteiger charge is 2.46. The molecule has 5 heteroatoms. The van der Waals surface area contributed by atoms with Gasteiger partial charge < -0.3 is 15.5 Å². The van der Waals surface area contributed by atoms with Crippen LogP contribution in [0.25, 0.3) is 11.0 Å². The third-order valence-electron chi connectivity index (χ3n) is 4.33. The summed E-state index contributed by atoms with van der Waals surface area (Å²) < 4.78 is 19.4. The molecule has 1 heterocycles. The average Bonchev–Trinajstić information content (AvgIpc) is 2.78. The van der Waals surface area contributed by atoms with Gasteiger partial charge in [-0.2, -0.15) is 0 Å². The monoisotopic (exact) mass is 290 g/mol. The Bertz CT molecular complexity index is 674. The summed E-state index contributed by atoms with van der Waals surface area (Å²) in [7, 11) is 0. The molecule has 0 radical (unpaired) electrons. The van der Waals surface area contributed by atoms with E-state index in [4.69, 9.17) is 10.2 Å². The second kappa shape index (κ2) is 5.15. The smallest absolute Gasteiger partial charge is 0.223 e. The first kappa shape index (κ1) is 14.1. The Labute approximate surface area is 122 Å². The highest BCUT2D eigenvalue weighted by atomic mass is 19.1. The molecule has 21 heavy (non-hydrogen) atoms. The van der Waals surface area contributed by atoms with E-state index < -0.39 is 5.67 Å². The number of hydrogen-bond acceptors (Lipinski definition) is 3. The number of fused-ring (bicyclic) bond motifs is 1. The molecule has 1 aromatic carbocycles. The number of alkyl halides is 1. The number of carbonyl (C=O) groups excluding carboxylic acids is 1. The summed E-state index contributed by atoms with van der Waals surface area (Å²) in [6.45, 7) is 2.29. The molecule has 112 valence electrons. The van der Waals surface area contributed by atoms with Crippen LogP contribution in [0.3, 0.4) is 0 Å². The lowest BCUT2D eigenvalue weighted by molar-refractivity contribution is -0.133. The summed E-state index contributed by atoms with van der Waals surface area (Å²) >= 11 is 0.